The number of hydrogen-bond acceptors (Lipinski definition) is 4. The monoisotopic (exact) mass is 393 g/mol. The lowest BCUT2D eigenvalue weighted by atomic mass is 9.92. The molecule has 0 saturated carbocycles. The van der Waals surface area contributed by atoms with Crippen molar-refractivity contribution in [3.05, 3.63) is 29.6 Å². The van der Waals surface area contributed by atoms with Crippen molar-refractivity contribution in [2.75, 3.05) is 12.4 Å². The maximum atomic E-state index is 13.6. The summed E-state index contributed by atoms with van der Waals surface area (Å²) in [6, 6.07) is 3.85. The quantitative estimate of drug-likeness (QED) is 0.737. The van der Waals surface area contributed by atoms with E-state index in [0.717, 1.165) is 35.5 Å². The molecular weight excluding hydrogens is 369 g/mol. The second kappa shape index (κ2) is 8.06. The van der Waals surface area contributed by atoms with E-state index in [0.29, 0.717) is 19.4 Å². The van der Waals surface area contributed by atoms with E-state index in [2.05, 4.69) is 16.0 Å². The molecule has 0 spiro atoms. The molecule has 146 valence electrons. The van der Waals surface area contributed by atoms with E-state index in [9.17, 15) is 14.0 Å². The number of rotatable bonds is 3. The number of ether oxygens (including phenoxy) is 1. The van der Waals surface area contributed by atoms with Crippen LogP contribution in [0, 0.1) is 5.82 Å². The Bertz CT molecular complexity index is 726. The van der Waals surface area contributed by atoms with E-state index in [4.69, 9.17) is 4.74 Å². The number of fused-ring (bicyclic) bond motifs is 1. The highest BCUT2D eigenvalue weighted by Crippen LogP contribution is 2.36. The smallest absolute Gasteiger partial charge is 0.315 e. The Morgan fingerprint density at radius 2 is 2.15 bits per heavy atom. The van der Waals surface area contributed by atoms with Gasteiger partial charge >= 0.3 is 6.03 Å². The van der Waals surface area contributed by atoms with Crippen LogP contribution in [0.5, 0.6) is 0 Å². The first-order valence-corrected chi connectivity index (χ1v) is 10.5. The number of benzene rings is 1. The number of amides is 3. The largest absolute Gasteiger partial charge is 0.376 e. The van der Waals surface area contributed by atoms with Crippen LogP contribution in [-0.4, -0.2) is 42.5 Å². The minimum Gasteiger partial charge on any atom is -0.376 e. The Hall–Kier alpha value is -1.80. The summed E-state index contributed by atoms with van der Waals surface area (Å²) in [5.74, 6) is 0.585. The second-order valence-electron chi connectivity index (χ2n) is 7.28. The van der Waals surface area contributed by atoms with Crippen LogP contribution < -0.4 is 16.0 Å². The molecule has 4 rings (SSSR count). The van der Waals surface area contributed by atoms with Crippen molar-refractivity contribution < 1.29 is 18.7 Å². The van der Waals surface area contributed by atoms with Gasteiger partial charge in [-0.2, -0.15) is 0 Å². The van der Waals surface area contributed by atoms with Gasteiger partial charge in [0.05, 0.1) is 24.2 Å². The van der Waals surface area contributed by atoms with Crippen LogP contribution in [0.4, 0.5) is 9.18 Å². The summed E-state index contributed by atoms with van der Waals surface area (Å²) in [6.45, 7) is 0.693. The van der Waals surface area contributed by atoms with Gasteiger partial charge in [-0.25, -0.2) is 9.18 Å². The first-order chi connectivity index (χ1) is 13.1. The van der Waals surface area contributed by atoms with Gasteiger partial charge in [-0.15, -0.1) is 11.8 Å². The topological polar surface area (TPSA) is 79.5 Å². The molecule has 27 heavy (non-hydrogen) atoms. The lowest BCUT2D eigenvalue weighted by Crippen LogP contribution is -2.61. The molecule has 3 aliphatic rings. The van der Waals surface area contributed by atoms with Gasteiger partial charge in [-0.05, 0) is 49.4 Å². The van der Waals surface area contributed by atoms with Gasteiger partial charge in [0.2, 0.25) is 5.91 Å². The van der Waals surface area contributed by atoms with E-state index in [1.54, 1.807) is 17.8 Å². The summed E-state index contributed by atoms with van der Waals surface area (Å²) < 4.78 is 19.4. The molecule has 0 aromatic heterocycles. The average Bonchev–Trinajstić information content (AvgIpc) is 3.18. The predicted molar refractivity (Wildman–Crippen MR) is 100 cm³/mol. The van der Waals surface area contributed by atoms with Crippen molar-refractivity contribution in [3.8, 4) is 0 Å². The number of piperidine rings is 1. The van der Waals surface area contributed by atoms with Gasteiger partial charge in [0.15, 0.2) is 0 Å². The van der Waals surface area contributed by atoms with Crippen LogP contribution in [-0.2, 0) is 9.53 Å². The number of carbonyl (C=O) groups excluding carboxylic acids is 2. The van der Waals surface area contributed by atoms with Crippen molar-refractivity contribution in [3.63, 3.8) is 0 Å². The number of nitrogens with one attached hydrogen (secondary N) is 3. The highest BCUT2D eigenvalue weighted by atomic mass is 32.2. The van der Waals surface area contributed by atoms with Crippen LogP contribution in [0.25, 0.3) is 0 Å². The third-order valence-corrected chi connectivity index (χ3v) is 6.56. The van der Waals surface area contributed by atoms with Gasteiger partial charge in [0, 0.05) is 23.7 Å². The molecule has 4 unspecified atom stereocenters. The van der Waals surface area contributed by atoms with E-state index in [1.165, 1.54) is 12.1 Å². The van der Waals surface area contributed by atoms with E-state index >= 15 is 0 Å². The molecule has 2 saturated heterocycles. The van der Waals surface area contributed by atoms with Crippen molar-refractivity contribution in [2.45, 2.75) is 61.2 Å². The summed E-state index contributed by atoms with van der Waals surface area (Å²) in [7, 11) is 0. The fourth-order valence-corrected chi connectivity index (χ4v) is 5.21. The molecule has 2 fully saturated rings. The summed E-state index contributed by atoms with van der Waals surface area (Å²) in [5.41, 5.74) is 0.828. The van der Waals surface area contributed by atoms with Gasteiger partial charge in [0.1, 0.15) is 5.82 Å². The summed E-state index contributed by atoms with van der Waals surface area (Å²) in [5, 5.41) is 8.98. The molecule has 0 bridgehead atoms. The highest BCUT2D eigenvalue weighted by Gasteiger charge is 2.38. The van der Waals surface area contributed by atoms with Gasteiger partial charge in [-0.1, -0.05) is 0 Å². The Labute approximate surface area is 162 Å². The Balaban J connectivity index is 1.41. The molecule has 1 aromatic carbocycles. The van der Waals surface area contributed by atoms with E-state index in [1.807, 2.05) is 0 Å². The Morgan fingerprint density at radius 3 is 2.96 bits per heavy atom. The summed E-state index contributed by atoms with van der Waals surface area (Å²) in [4.78, 5) is 25.5. The Kier molecular flexibility index (Phi) is 5.54. The first kappa shape index (κ1) is 18.6. The van der Waals surface area contributed by atoms with Crippen molar-refractivity contribution in [1.82, 2.24) is 16.0 Å². The minimum atomic E-state index is -0.295. The third kappa shape index (κ3) is 4.21. The molecule has 6 nitrogen and oxygen atoms in total. The molecule has 8 heteroatoms. The second-order valence-corrected chi connectivity index (χ2v) is 8.42. The molecule has 3 N–H and O–H groups in total. The highest BCUT2D eigenvalue weighted by molar-refractivity contribution is 7.99. The van der Waals surface area contributed by atoms with Crippen LogP contribution in [0.3, 0.4) is 0 Å². The molecule has 3 heterocycles. The van der Waals surface area contributed by atoms with Crippen LogP contribution >= 0.6 is 11.8 Å². The Morgan fingerprint density at radius 1 is 1.26 bits per heavy atom. The zero-order chi connectivity index (χ0) is 18.8. The molecule has 1 aromatic rings. The molecule has 0 aliphatic carbocycles. The predicted octanol–water partition coefficient (Wildman–Crippen LogP) is 2.49. The maximum Gasteiger partial charge on any atom is 0.315 e. The number of halogens is 1. The van der Waals surface area contributed by atoms with E-state index < -0.39 is 0 Å². The van der Waals surface area contributed by atoms with Gasteiger partial charge in [0.25, 0.3) is 0 Å². The van der Waals surface area contributed by atoms with Crippen LogP contribution in [0.2, 0.25) is 0 Å². The van der Waals surface area contributed by atoms with Gasteiger partial charge < -0.3 is 20.7 Å². The van der Waals surface area contributed by atoms with E-state index in [-0.39, 0.29) is 42.0 Å². The molecule has 3 aliphatic heterocycles. The minimum absolute atomic E-state index is 0.00247. The molecule has 0 radical (unpaired) electrons. The van der Waals surface area contributed by atoms with Crippen molar-refractivity contribution >= 4 is 23.7 Å². The number of thioether (sulfide) groups is 1. The molecular formula is C19H24FN3O3S. The van der Waals surface area contributed by atoms with Crippen molar-refractivity contribution in [2.24, 2.45) is 0 Å². The average molecular weight is 393 g/mol. The SMILES string of the molecule is O=C1CCC(NC(=O)NC2CCSc3ccc(F)cc32)C(C2CCCO2)N1. The van der Waals surface area contributed by atoms with Crippen LogP contribution in [0.1, 0.15) is 43.7 Å². The molecule has 3 amide bonds. The fourth-order valence-electron chi connectivity index (χ4n) is 4.11. The fraction of sp³-hybridized carbons (Fsp3) is 0.579. The number of hydrogen-bond donors (Lipinski definition) is 3. The molecule has 4 atom stereocenters. The normalized spacial score (nSPS) is 30.3. The zero-order valence-corrected chi connectivity index (χ0v) is 15.8. The maximum absolute atomic E-state index is 13.6. The first-order valence-electron chi connectivity index (χ1n) is 9.50. The number of carbonyl (C=O) groups is 2. The lowest BCUT2D eigenvalue weighted by Gasteiger charge is -2.36. The summed E-state index contributed by atoms with van der Waals surface area (Å²) >= 11 is 1.68. The van der Waals surface area contributed by atoms with Gasteiger partial charge in [-0.3, -0.25) is 4.79 Å². The summed E-state index contributed by atoms with van der Waals surface area (Å²) in [6.07, 6.45) is 3.54. The third-order valence-electron chi connectivity index (χ3n) is 5.44. The zero-order valence-electron chi connectivity index (χ0n) is 15.0. The lowest BCUT2D eigenvalue weighted by molar-refractivity contribution is -0.125. The standard InChI is InChI=1S/C19H24FN3O3S/c20-11-3-5-16-12(10-11)13(7-9-27-16)21-19(25)22-14-4-6-17(24)23-18(14)15-2-1-8-26-15/h3,5,10,13-15,18H,1-2,4,6-9H2,(H,23,24)(H2,21,22,25). The van der Waals surface area contributed by atoms with Crippen LogP contribution in [0.15, 0.2) is 23.1 Å². The number of urea groups is 1. The van der Waals surface area contributed by atoms with Crippen molar-refractivity contribution in [1.29, 1.82) is 0 Å².